The zero-order valence-electron chi connectivity index (χ0n) is 19.5. The van der Waals surface area contributed by atoms with Crippen molar-refractivity contribution in [2.45, 2.75) is 51.6 Å². The van der Waals surface area contributed by atoms with Crippen LogP contribution in [0.15, 0.2) is 6.07 Å². The number of rotatable bonds is 4. The summed E-state index contributed by atoms with van der Waals surface area (Å²) in [6.07, 6.45) is 0.173. The van der Waals surface area contributed by atoms with Gasteiger partial charge in [0.05, 0.1) is 24.8 Å². The highest BCUT2D eigenvalue weighted by Gasteiger charge is 2.35. The molecule has 2 aromatic heterocycles. The lowest BCUT2D eigenvalue weighted by Crippen LogP contribution is -2.42. The number of aryl methyl sites for hydroxylation is 1. The van der Waals surface area contributed by atoms with Crippen LogP contribution in [-0.2, 0) is 24.1 Å². The number of fused-ring (bicyclic) bond motifs is 2. The highest BCUT2D eigenvalue weighted by atomic mass is 19.3. The molecule has 5 rings (SSSR count). The van der Waals surface area contributed by atoms with E-state index in [-0.39, 0.29) is 17.6 Å². The Kier molecular flexibility index (Phi) is 6.28. The number of halogens is 2. The van der Waals surface area contributed by atoms with Crippen molar-refractivity contribution < 1.29 is 23.0 Å². The van der Waals surface area contributed by atoms with Crippen LogP contribution in [0.3, 0.4) is 0 Å². The van der Waals surface area contributed by atoms with Gasteiger partial charge in [-0.05, 0) is 25.3 Å². The second-order valence-electron chi connectivity index (χ2n) is 8.77. The number of nitrogens with zero attached hydrogens (tertiary/aromatic N) is 5. The maximum atomic E-state index is 13.8. The second kappa shape index (κ2) is 9.36. The van der Waals surface area contributed by atoms with E-state index in [2.05, 4.69) is 15.0 Å². The molecule has 3 aliphatic rings. The molecule has 0 atom stereocenters. The van der Waals surface area contributed by atoms with E-state index < -0.39 is 6.43 Å². The third-order valence-corrected chi connectivity index (χ3v) is 6.85. The van der Waals surface area contributed by atoms with Crippen LogP contribution in [0, 0.1) is 0 Å². The second-order valence-corrected chi connectivity index (χ2v) is 8.77. The van der Waals surface area contributed by atoms with Gasteiger partial charge in [0, 0.05) is 50.0 Å². The van der Waals surface area contributed by atoms with Gasteiger partial charge in [-0.15, -0.1) is 0 Å². The zero-order chi connectivity index (χ0) is 23.8. The first kappa shape index (κ1) is 22.8. The summed E-state index contributed by atoms with van der Waals surface area (Å²) < 4.78 is 41.1. The topological polar surface area (TPSA) is 84.8 Å². The molecule has 0 aromatic carbocycles. The number of amides is 2. The van der Waals surface area contributed by atoms with Gasteiger partial charge in [-0.25, -0.2) is 18.6 Å². The molecular weight excluding hydrogens is 446 g/mol. The van der Waals surface area contributed by atoms with E-state index in [0.717, 1.165) is 24.1 Å². The molecule has 2 amide bonds. The number of aromatic nitrogens is 3. The molecule has 1 fully saturated rings. The molecule has 9 nitrogen and oxygen atoms in total. The molecule has 0 saturated carbocycles. The monoisotopic (exact) mass is 476 g/mol. The molecule has 0 bridgehead atoms. The number of carbonyl (C=O) groups excluding carboxylic acids is 1. The van der Waals surface area contributed by atoms with Gasteiger partial charge in [-0.1, -0.05) is 6.92 Å². The first-order valence-electron chi connectivity index (χ1n) is 11.9. The summed E-state index contributed by atoms with van der Waals surface area (Å²) in [5.74, 6) is 1.03. The number of anilines is 2. The van der Waals surface area contributed by atoms with Crippen molar-refractivity contribution in [3.05, 3.63) is 28.6 Å². The third kappa shape index (κ3) is 3.95. The summed E-state index contributed by atoms with van der Waals surface area (Å²) in [6, 6.07) is 1.55. The molecule has 1 saturated heterocycles. The molecule has 0 spiro atoms. The minimum absolute atomic E-state index is 0.0820. The van der Waals surface area contributed by atoms with E-state index in [1.54, 1.807) is 18.9 Å². The normalized spacial score (nSPS) is 18.5. The highest BCUT2D eigenvalue weighted by Crippen LogP contribution is 2.42. The van der Waals surface area contributed by atoms with Crippen molar-refractivity contribution in [3.8, 4) is 5.88 Å². The summed E-state index contributed by atoms with van der Waals surface area (Å²) in [5.41, 5.74) is 2.81. The van der Waals surface area contributed by atoms with Gasteiger partial charge in [0.1, 0.15) is 12.3 Å². The smallest absolute Gasteiger partial charge is 0.317 e. The van der Waals surface area contributed by atoms with E-state index in [4.69, 9.17) is 14.6 Å². The largest absolute Gasteiger partial charge is 0.474 e. The maximum absolute atomic E-state index is 13.8. The van der Waals surface area contributed by atoms with Gasteiger partial charge in [-0.3, -0.25) is 4.68 Å². The average Bonchev–Trinajstić information content (AvgIpc) is 3.26. The first-order valence-corrected chi connectivity index (χ1v) is 11.9. The predicted molar refractivity (Wildman–Crippen MR) is 121 cm³/mol. The van der Waals surface area contributed by atoms with Crippen LogP contribution in [0.25, 0.3) is 0 Å². The minimum atomic E-state index is -2.63. The lowest BCUT2D eigenvalue weighted by molar-refractivity contribution is 0.0651. The molecule has 184 valence electrons. The minimum Gasteiger partial charge on any atom is -0.474 e. The third-order valence-electron chi connectivity index (χ3n) is 6.85. The molecular formula is C23H30F2N6O3. The number of carbonyl (C=O) groups is 1. The van der Waals surface area contributed by atoms with Gasteiger partial charge in [0.25, 0.3) is 6.43 Å². The fourth-order valence-electron chi connectivity index (χ4n) is 5.09. The molecule has 5 heterocycles. The Labute approximate surface area is 197 Å². The lowest BCUT2D eigenvalue weighted by atomic mass is 10.0. The van der Waals surface area contributed by atoms with Gasteiger partial charge in [0.2, 0.25) is 5.88 Å². The number of hydrogen-bond acceptors (Lipinski definition) is 6. The fraction of sp³-hybridized carbons (Fsp3) is 0.609. The van der Waals surface area contributed by atoms with E-state index >= 15 is 0 Å². The van der Waals surface area contributed by atoms with Crippen molar-refractivity contribution in [3.63, 3.8) is 0 Å². The molecule has 34 heavy (non-hydrogen) atoms. The number of alkyl halides is 2. The van der Waals surface area contributed by atoms with Crippen molar-refractivity contribution in [2.24, 2.45) is 0 Å². The van der Waals surface area contributed by atoms with Gasteiger partial charge >= 0.3 is 6.03 Å². The summed E-state index contributed by atoms with van der Waals surface area (Å²) in [7, 11) is 1.62. The van der Waals surface area contributed by atoms with Crippen LogP contribution in [0.4, 0.5) is 25.1 Å². The van der Waals surface area contributed by atoms with Gasteiger partial charge < -0.3 is 24.6 Å². The Morgan fingerprint density at radius 2 is 2.06 bits per heavy atom. The van der Waals surface area contributed by atoms with Gasteiger partial charge in [0.15, 0.2) is 5.82 Å². The summed E-state index contributed by atoms with van der Waals surface area (Å²) in [4.78, 5) is 20.5. The van der Waals surface area contributed by atoms with Crippen LogP contribution in [0.1, 0.15) is 54.7 Å². The zero-order valence-corrected chi connectivity index (χ0v) is 19.5. The number of pyridine rings is 1. The van der Waals surface area contributed by atoms with Crippen LogP contribution in [0.2, 0.25) is 0 Å². The summed E-state index contributed by atoms with van der Waals surface area (Å²) in [6.45, 7) is 5.00. The number of hydrogen-bond donors (Lipinski definition) is 1. The summed E-state index contributed by atoms with van der Waals surface area (Å²) >= 11 is 0. The number of nitrogens with one attached hydrogen (secondary N) is 1. The van der Waals surface area contributed by atoms with E-state index in [9.17, 15) is 13.6 Å². The SMILES string of the molecule is CCc1nc2c(cc1C(F)F)N(c1nn(C3CCOCC3)c3c1CN(C(=O)NC)CC3)CCO2. The van der Waals surface area contributed by atoms with Crippen LogP contribution >= 0.6 is 0 Å². The number of ether oxygens (including phenoxy) is 2. The first-order chi connectivity index (χ1) is 16.5. The quantitative estimate of drug-likeness (QED) is 0.729. The Hall–Kier alpha value is -2.95. The molecule has 1 N–H and O–H groups in total. The van der Waals surface area contributed by atoms with Crippen LogP contribution in [-0.4, -0.2) is 65.7 Å². The Balaban J connectivity index is 1.61. The van der Waals surface area contributed by atoms with Crippen LogP contribution < -0.4 is 15.0 Å². The lowest BCUT2D eigenvalue weighted by Gasteiger charge is -2.32. The molecule has 0 unspecified atom stereocenters. The van der Waals surface area contributed by atoms with E-state index in [0.29, 0.717) is 75.4 Å². The van der Waals surface area contributed by atoms with Gasteiger partial charge in [-0.2, -0.15) is 5.10 Å². The van der Waals surface area contributed by atoms with Crippen molar-refractivity contribution in [2.75, 3.05) is 44.9 Å². The van der Waals surface area contributed by atoms with Crippen molar-refractivity contribution in [1.82, 2.24) is 25.0 Å². The maximum Gasteiger partial charge on any atom is 0.317 e. The van der Waals surface area contributed by atoms with Crippen molar-refractivity contribution in [1.29, 1.82) is 0 Å². The average molecular weight is 477 g/mol. The Morgan fingerprint density at radius 1 is 1.26 bits per heavy atom. The molecule has 11 heteroatoms. The molecule has 2 aromatic rings. The molecule has 0 radical (unpaired) electrons. The number of urea groups is 1. The summed E-state index contributed by atoms with van der Waals surface area (Å²) in [5, 5.41) is 7.73. The highest BCUT2D eigenvalue weighted by molar-refractivity contribution is 5.75. The Morgan fingerprint density at radius 3 is 2.76 bits per heavy atom. The predicted octanol–water partition coefficient (Wildman–Crippen LogP) is 3.36. The van der Waals surface area contributed by atoms with Crippen molar-refractivity contribution >= 4 is 17.5 Å². The molecule has 0 aliphatic carbocycles. The standard InChI is InChI=1S/C23H30F2N6O3/c1-3-17-15(20(24)25)12-19-22(27-17)34-11-8-30(19)21-16-13-29(23(32)26-2)7-4-18(16)31(28-21)14-5-9-33-10-6-14/h12,14,20H,3-11,13H2,1-2H3,(H,26,32). The van der Waals surface area contributed by atoms with E-state index in [1.165, 1.54) is 6.07 Å². The molecule has 3 aliphatic heterocycles. The van der Waals surface area contributed by atoms with Crippen LogP contribution in [0.5, 0.6) is 5.88 Å². The Bertz CT molecular complexity index is 1070. The van der Waals surface area contributed by atoms with E-state index in [1.807, 2.05) is 4.90 Å². The fourth-order valence-corrected chi connectivity index (χ4v) is 5.09.